The largest absolute Gasteiger partial charge is 1.00 e. The molecular weight excluding hydrogens is 570 g/mol. The minimum absolute atomic E-state index is 0. The zero-order valence-corrected chi connectivity index (χ0v) is 28.0. The Morgan fingerprint density at radius 2 is 1.58 bits per heavy atom. The quantitative estimate of drug-likeness (QED) is 0.126. The first kappa shape index (κ1) is 38.9. The van der Waals surface area contributed by atoms with Crippen LogP contribution in [0.15, 0.2) is 17.4 Å². The van der Waals surface area contributed by atoms with E-state index in [0.717, 1.165) is 30.0 Å². The molecule has 0 spiro atoms. The second-order valence-electron chi connectivity index (χ2n) is 11.8. The van der Waals surface area contributed by atoms with Gasteiger partial charge in [-0.05, 0) is 19.8 Å². The molecule has 248 valence electrons. The first-order chi connectivity index (χ1) is 20.4. The van der Waals surface area contributed by atoms with E-state index in [1.54, 1.807) is 13.3 Å². The molecule has 11 heteroatoms. The predicted octanol–water partition coefficient (Wildman–Crippen LogP) is 2.04. The Kier molecular flexibility index (Phi) is 21.0. The number of amidine groups is 1. The maximum atomic E-state index is 12.7. The van der Waals surface area contributed by atoms with E-state index in [4.69, 9.17) is 9.47 Å². The number of amides is 4. The number of aliphatic imine (C=N–C) groups is 1. The van der Waals surface area contributed by atoms with Crippen molar-refractivity contribution in [3.8, 4) is 0 Å². The lowest BCUT2D eigenvalue weighted by atomic mass is 10.0. The van der Waals surface area contributed by atoms with E-state index in [-0.39, 0.29) is 49.6 Å². The lowest BCUT2D eigenvalue weighted by Crippen LogP contribution is -3.06. The van der Waals surface area contributed by atoms with E-state index in [1.165, 1.54) is 80.4 Å². The SMILES string of the molecule is CCCCCCCCCCCCCCCC(NC(=O)OCCCN1CC(=O)N(CCC2=NC=C[NH+]2C)C1=O)C(C)OC.[Cl-]. The van der Waals surface area contributed by atoms with Gasteiger partial charge in [0.15, 0.2) is 0 Å². The van der Waals surface area contributed by atoms with Gasteiger partial charge in [-0.2, -0.15) is 0 Å². The summed E-state index contributed by atoms with van der Waals surface area (Å²) in [6, 6.07) is -0.400. The fourth-order valence-corrected chi connectivity index (χ4v) is 5.49. The van der Waals surface area contributed by atoms with Crippen LogP contribution in [0.3, 0.4) is 0 Å². The Balaban J connectivity index is 0.00000924. The summed E-state index contributed by atoms with van der Waals surface area (Å²) in [5.74, 6) is 0.705. The van der Waals surface area contributed by atoms with Gasteiger partial charge in [0.1, 0.15) is 12.7 Å². The normalized spacial score (nSPS) is 17.7. The van der Waals surface area contributed by atoms with E-state index in [1.807, 2.05) is 20.2 Å². The molecule has 3 atom stereocenters. The summed E-state index contributed by atoms with van der Waals surface area (Å²) < 4.78 is 10.9. The number of carbonyl (C=O) groups is 3. The van der Waals surface area contributed by atoms with Gasteiger partial charge >= 0.3 is 12.1 Å². The van der Waals surface area contributed by atoms with E-state index >= 15 is 0 Å². The zero-order chi connectivity index (χ0) is 30.6. The highest BCUT2D eigenvalue weighted by Crippen LogP contribution is 2.15. The highest BCUT2D eigenvalue weighted by atomic mass is 35.5. The number of unbranched alkanes of at least 4 members (excludes halogenated alkanes) is 12. The first-order valence-corrected chi connectivity index (χ1v) is 16.5. The molecule has 2 N–H and O–H groups in total. The Morgan fingerprint density at radius 3 is 2.14 bits per heavy atom. The van der Waals surface area contributed by atoms with Crippen LogP contribution in [0.1, 0.15) is 117 Å². The average Bonchev–Trinajstić information content (AvgIpc) is 3.51. The van der Waals surface area contributed by atoms with Crippen LogP contribution in [0.25, 0.3) is 0 Å². The summed E-state index contributed by atoms with van der Waals surface area (Å²) in [6.07, 6.45) is 21.9. The minimum Gasteiger partial charge on any atom is -1.00 e. The molecule has 0 aromatic rings. The minimum atomic E-state index is -0.471. The standard InChI is InChI=1S/C32H57N5O5.ClH/c1-5-6-7-8-9-10-11-12-13-14-15-16-17-19-28(27(2)41-4)34-31(39)42-25-18-22-36-26-30(38)37(32(36)40)23-20-29-33-21-24-35(29)3;/h21,24,27-28H,5-20,22-23,25-26H2,1-4H3,(H,34,39);1H. The zero-order valence-electron chi connectivity index (χ0n) is 27.2. The van der Waals surface area contributed by atoms with Crippen molar-refractivity contribution in [2.45, 2.75) is 129 Å². The van der Waals surface area contributed by atoms with Gasteiger partial charge in [0.05, 0.1) is 38.4 Å². The van der Waals surface area contributed by atoms with Crippen molar-refractivity contribution in [1.29, 1.82) is 0 Å². The Hall–Kier alpha value is -2.17. The molecule has 10 nitrogen and oxygen atoms in total. The van der Waals surface area contributed by atoms with Crippen molar-refractivity contribution in [3.05, 3.63) is 12.4 Å². The molecule has 3 unspecified atom stereocenters. The van der Waals surface area contributed by atoms with Crippen LogP contribution in [0.2, 0.25) is 0 Å². The Morgan fingerprint density at radius 1 is 0.977 bits per heavy atom. The predicted molar refractivity (Wildman–Crippen MR) is 166 cm³/mol. The third-order valence-corrected chi connectivity index (χ3v) is 8.38. The topological polar surface area (TPSA) is 105 Å². The number of nitrogens with one attached hydrogen (secondary N) is 2. The van der Waals surface area contributed by atoms with Crippen molar-refractivity contribution in [3.63, 3.8) is 0 Å². The number of hydrogen-bond donors (Lipinski definition) is 2. The number of rotatable bonds is 24. The third-order valence-electron chi connectivity index (χ3n) is 8.38. The maximum Gasteiger partial charge on any atom is 0.407 e. The molecule has 4 amide bonds. The van der Waals surface area contributed by atoms with Gasteiger partial charge in [0.25, 0.3) is 0 Å². The summed E-state index contributed by atoms with van der Waals surface area (Å²) in [6.45, 7) is 5.14. The molecule has 0 radical (unpaired) electrons. The van der Waals surface area contributed by atoms with Crippen molar-refractivity contribution >= 4 is 23.9 Å². The van der Waals surface area contributed by atoms with Crippen LogP contribution in [-0.2, 0) is 14.3 Å². The van der Waals surface area contributed by atoms with Gasteiger partial charge in [-0.15, -0.1) is 0 Å². The number of imide groups is 1. The molecular formula is C32H58ClN5O5. The molecule has 43 heavy (non-hydrogen) atoms. The van der Waals surface area contributed by atoms with Crippen LogP contribution in [0.4, 0.5) is 9.59 Å². The van der Waals surface area contributed by atoms with Gasteiger partial charge in [0, 0.05) is 20.2 Å². The van der Waals surface area contributed by atoms with Crippen LogP contribution >= 0.6 is 0 Å². The Bertz CT molecular complexity index is 871. The highest BCUT2D eigenvalue weighted by molar-refractivity contribution is 6.02. The number of ether oxygens (including phenoxy) is 2. The van der Waals surface area contributed by atoms with Gasteiger partial charge in [0.2, 0.25) is 11.7 Å². The van der Waals surface area contributed by atoms with Gasteiger partial charge < -0.3 is 32.1 Å². The van der Waals surface area contributed by atoms with Gasteiger partial charge in [-0.3, -0.25) is 14.6 Å². The fraction of sp³-hybridized carbons (Fsp3) is 0.812. The molecule has 2 aliphatic heterocycles. The van der Waals surface area contributed by atoms with Gasteiger partial charge in [-0.25, -0.2) is 14.6 Å². The number of hydrogen-bond acceptors (Lipinski definition) is 6. The van der Waals surface area contributed by atoms with Crippen LogP contribution in [0.5, 0.6) is 0 Å². The summed E-state index contributed by atoms with van der Waals surface area (Å²) in [5, 5.41) is 2.96. The number of alkyl carbamates (subject to hydrolysis) is 1. The number of nitrogens with zero attached hydrogens (tertiary/aromatic N) is 3. The van der Waals surface area contributed by atoms with E-state index in [2.05, 4.69) is 17.2 Å². The van der Waals surface area contributed by atoms with Crippen molar-refractivity contribution in [1.82, 2.24) is 15.1 Å². The number of urea groups is 1. The number of methoxy groups -OCH3 is 1. The summed E-state index contributed by atoms with van der Waals surface area (Å²) >= 11 is 0. The molecule has 1 fully saturated rings. The molecule has 1 saturated heterocycles. The van der Waals surface area contributed by atoms with Gasteiger partial charge in [-0.1, -0.05) is 90.4 Å². The first-order valence-electron chi connectivity index (χ1n) is 16.5. The maximum absolute atomic E-state index is 12.7. The molecule has 0 saturated carbocycles. The lowest BCUT2D eigenvalue weighted by molar-refractivity contribution is -0.719. The molecule has 2 rings (SSSR count). The lowest BCUT2D eigenvalue weighted by Gasteiger charge is -2.24. The van der Waals surface area contributed by atoms with Crippen molar-refractivity contribution < 1.29 is 41.2 Å². The molecule has 2 aliphatic rings. The van der Waals surface area contributed by atoms with Crippen molar-refractivity contribution in [2.75, 3.05) is 40.4 Å². The second kappa shape index (κ2) is 23.2. The molecule has 0 bridgehead atoms. The van der Waals surface area contributed by atoms with Crippen LogP contribution < -0.4 is 22.6 Å². The molecule has 2 heterocycles. The summed E-state index contributed by atoms with van der Waals surface area (Å²) in [7, 11) is 3.63. The second-order valence-corrected chi connectivity index (χ2v) is 11.8. The Labute approximate surface area is 266 Å². The monoisotopic (exact) mass is 627 g/mol. The smallest absolute Gasteiger partial charge is 0.407 e. The van der Waals surface area contributed by atoms with E-state index in [9.17, 15) is 14.4 Å². The number of quaternary nitrogens is 1. The summed E-state index contributed by atoms with van der Waals surface area (Å²) in [4.78, 5) is 45.7. The average molecular weight is 628 g/mol. The highest BCUT2D eigenvalue weighted by Gasteiger charge is 2.36. The van der Waals surface area contributed by atoms with Crippen LogP contribution in [0, 0.1) is 0 Å². The third kappa shape index (κ3) is 15.4. The van der Waals surface area contributed by atoms with E-state index < -0.39 is 6.09 Å². The fourth-order valence-electron chi connectivity index (χ4n) is 5.49. The molecule has 0 aliphatic carbocycles. The number of carbonyl (C=O) groups excluding carboxylic acids is 3. The number of halogens is 1. The van der Waals surface area contributed by atoms with Crippen molar-refractivity contribution in [2.24, 2.45) is 4.99 Å². The van der Waals surface area contributed by atoms with Crippen LogP contribution in [-0.4, -0.2) is 86.2 Å². The molecule has 0 aromatic heterocycles. The molecule has 0 aromatic carbocycles. The summed E-state index contributed by atoms with van der Waals surface area (Å²) in [5.41, 5.74) is 0. The van der Waals surface area contributed by atoms with E-state index in [0.29, 0.717) is 25.9 Å².